The lowest BCUT2D eigenvalue weighted by molar-refractivity contribution is -0.173. The Hall–Kier alpha value is -2.18. The van der Waals surface area contributed by atoms with Crippen molar-refractivity contribution in [2.24, 2.45) is 0 Å². The van der Waals surface area contributed by atoms with Crippen molar-refractivity contribution in [2.75, 3.05) is 6.54 Å². The van der Waals surface area contributed by atoms with Gasteiger partial charge in [0.1, 0.15) is 5.75 Å². The van der Waals surface area contributed by atoms with Gasteiger partial charge in [-0.1, -0.05) is 0 Å². The zero-order valence-corrected chi connectivity index (χ0v) is 9.74. The van der Waals surface area contributed by atoms with Crippen molar-refractivity contribution >= 4 is 11.4 Å². The van der Waals surface area contributed by atoms with Gasteiger partial charge in [0.15, 0.2) is 0 Å². The van der Waals surface area contributed by atoms with Crippen LogP contribution in [0, 0.1) is 0 Å². The number of aromatic hydroxyl groups is 1. The van der Waals surface area contributed by atoms with Gasteiger partial charge in [0.25, 0.3) is 0 Å². The molecule has 102 valence electrons. The van der Waals surface area contributed by atoms with Crippen LogP contribution < -0.4 is 5.32 Å². The minimum atomic E-state index is -4.87. The Bertz CT molecular complexity index is 605. The first-order valence-corrected chi connectivity index (χ1v) is 5.52. The molecule has 19 heavy (non-hydrogen) atoms. The van der Waals surface area contributed by atoms with Crippen LogP contribution in [0.1, 0.15) is 5.56 Å². The van der Waals surface area contributed by atoms with Crippen molar-refractivity contribution in [1.29, 1.82) is 0 Å². The summed E-state index contributed by atoms with van der Waals surface area (Å²) in [5.74, 6) is -1.91. The molecule has 2 rings (SSSR count). The monoisotopic (exact) mass is 272 g/mol. The SMILES string of the molecule is O=C(NCCc1ccn2cccc(O)c12)C(F)(F)F. The molecule has 2 aromatic rings. The lowest BCUT2D eigenvalue weighted by Gasteiger charge is -2.07. The molecule has 0 spiro atoms. The third-order valence-corrected chi connectivity index (χ3v) is 2.68. The van der Waals surface area contributed by atoms with Crippen molar-refractivity contribution in [1.82, 2.24) is 9.72 Å². The highest BCUT2D eigenvalue weighted by Gasteiger charge is 2.38. The van der Waals surface area contributed by atoms with E-state index in [0.29, 0.717) is 11.1 Å². The molecule has 0 aromatic carbocycles. The second kappa shape index (κ2) is 4.83. The fraction of sp³-hybridized carbons (Fsp3) is 0.250. The Balaban J connectivity index is 2.05. The van der Waals surface area contributed by atoms with E-state index < -0.39 is 12.1 Å². The number of halogens is 3. The number of hydrogen-bond acceptors (Lipinski definition) is 2. The first-order valence-electron chi connectivity index (χ1n) is 5.52. The number of nitrogens with zero attached hydrogens (tertiary/aromatic N) is 1. The van der Waals surface area contributed by atoms with E-state index in [1.54, 1.807) is 34.2 Å². The molecule has 0 radical (unpaired) electrons. The molecule has 0 aliphatic rings. The number of rotatable bonds is 3. The maximum atomic E-state index is 12.0. The van der Waals surface area contributed by atoms with E-state index in [1.807, 2.05) is 0 Å². The molecule has 0 aliphatic heterocycles. The Kier molecular flexibility index (Phi) is 3.37. The average molecular weight is 272 g/mol. The summed E-state index contributed by atoms with van der Waals surface area (Å²) in [7, 11) is 0. The first-order chi connectivity index (χ1) is 8.89. The number of carbonyl (C=O) groups excluding carboxylic acids is 1. The van der Waals surface area contributed by atoms with Crippen LogP contribution in [0.3, 0.4) is 0 Å². The molecule has 1 amide bonds. The summed E-state index contributed by atoms with van der Waals surface area (Å²) in [6.07, 6.45) is -1.26. The number of pyridine rings is 1. The van der Waals surface area contributed by atoms with Gasteiger partial charge >= 0.3 is 12.1 Å². The Morgan fingerprint density at radius 3 is 2.74 bits per heavy atom. The largest absolute Gasteiger partial charge is 0.506 e. The lowest BCUT2D eigenvalue weighted by atomic mass is 10.2. The standard InChI is InChI=1S/C12H11F3N2O2/c13-12(14,15)11(19)16-5-3-8-4-7-17-6-1-2-9(18)10(8)17/h1-2,4,6-7,18H,3,5H2,(H,16,19). The number of aromatic nitrogens is 1. The molecule has 0 saturated carbocycles. The molecular formula is C12H11F3N2O2. The minimum Gasteiger partial charge on any atom is -0.506 e. The van der Waals surface area contributed by atoms with Crippen LogP contribution in [0.25, 0.3) is 5.52 Å². The van der Waals surface area contributed by atoms with Gasteiger partial charge in [-0.15, -0.1) is 0 Å². The van der Waals surface area contributed by atoms with Crippen LogP contribution >= 0.6 is 0 Å². The third-order valence-electron chi connectivity index (χ3n) is 2.68. The molecule has 2 aromatic heterocycles. The van der Waals surface area contributed by atoms with Crippen LogP contribution in [0.5, 0.6) is 5.75 Å². The van der Waals surface area contributed by atoms with E-state index in [4.69, 9.17) is 0 Å². The van der Waals surface area contributed by atoms with E-state index >= 15 is 0 Å². The van der Waals surface area contributed by atoms with Gasteiger partial charge in [-0.05, 0) is 30.2 Å². The molecule has 0 unspecified atom stereocenters. The number of hydrogen-bond donors (Lipinski definition) is 2. The highest BCUT2D eigenvalue weighted by Crippen LogP contribution is 2.23. The molecule has 0 fully saturated rings. The molecule has 0 atom stereocenters. The molecule has 7 heteroatoms. The van der Waals surface area contributed by atoms with Crippen LogP contribution in [0.2, 0.25) is 0 Å². The van der Waals surface area contributed by atoms with Gasteiger partial charge in [0.2, 0.25) is 0 Å². The van der Waals surface area contributed by atoms with Gasteiger partial charge < -0.3 is 14.8 Å². The average Bonchev–Trinajstić information content (AvgIpc) is 2.72. The normalized spacial score (nSPS) is 11.7. The lowest BCUT2D eigenvalue weighted by Crippen LogP contribution is -2.37. The smallest absolute Gasteiger partial charge is 0.471 e. The number of fused-ring (bicyclic) bond motifs is 1. The predicted molar refractivity (Wildman–Crippen MR) is 61.8 cm³/mol. The van der Waals surface area contributed by atoms with Crippen LogP contribution in [0.15, 0.2) is 30.6 Å². The minimum absolute atomic E-state index is 0.0460. The second-order valence-electron chi connectivity index (χ2n) is 3.99. The second-order valence-corrected chi connectivity index (χ2v) is 3.99. The molecule has 4 nitrogen and oxygen atoms in total. The summed E-state index contributed by atoms with van der Waals surface area (Å²) < 4.78 is 37.6. The van der Waals surface area contributed by atoms with Gasteiger partial charge in [-0.2, -0.15) is 13.2 Å². The van der Waals surface area contributed by atoms with Gasteiger partial charge in [0, 0.05) is 18.9 Å². The molecule has 2 N–H and O–H groups in total. The van der Waals surface area contributed by atoms with E-state index in [9.17, 15) is 23.1 Å². The van der Waals surface area contributed by atoms with Crippen molar-refractivity contribution in [2.45, 2.75) is 12.6 Å². The summed E-state index contributed by atoms with van der Waals surface area (Å²) in [6, 6.07) is 4.83. The topological polar surface area (TPSA) is 53.7 Å². The summed E-state index contributed by atoms with van der Waals surface area (Å²) >= 11 is 0. The number of nitrogens with one attached hydrogen (secondary N) is 1. The first kappa shape index (κ1) is 13.3. The quantitative estimate of drug-likeness (QED) is 0.896. The Morgan fingerprint density at radius 1 is 1.32 bits per heavy atom. The van der Waals surface area contributed by atoms with Crippen molar-refractivity contribution in [3.05, 3.63) is 36.2 Å². The van der Waals surface area contributed by atoms with E-state index in [-0.39, 0.29) is 18.7 Å². The predicted octanol–water partition coefficient (Wildman–Crippen LogP) is 1.87. The fourth-order valence-corrected chi connectivity index (χ4v) is 1.83. The van der Waals surface area contributed by atoms with E-state index in [2.05, 4.69) is 0 Å². The Labute approximate surface area is 106 Å². The Morgan fingerprint density at radius 2 is 2.05 bits per heavy atom. The summed E-state index contributed by atoms with van der Waals surface area (Å²) in [5, 5.41) is 11.5. The van der Waals surface area contributed by atoms with Crippen LogP contribution in [0.4, 0.5) is 13.2 Å². The zero-order valence-electron chi connectivity index (χ0n) is 9.74. The molecule has 0 bridgehead atoms. The number of alkyl halides is 3. The third kappa shape index (κ3) is 2.81. The highest BCUT2D eigenvalue weighted by molar-refractivity contribution is 5.81. The van der Waals surface area contributed by atoms with E-state index in [1.165, 1.54) is 6.07 Å². The van der Waals surface area contributed by atoms with Crippen molar-refractivity contribution in [3.8, 4) is 5.75 Å². The van der Waals surface area contributed by atoms with Crippen molar-refractivity contribution < 1.29 is 23.1 Å². The molecule has 0 saturated heterocycles. The van der Waals surface area contributed by atoms with Gasteiger partial charge in [-0.3, -0.25) is 4.79 Å². The van der Waals surface area contributed by atoms with Crippen molar-refractivity contribution in [3.63, 3.8) is 0 Å². The molecular weight excluding hydrogens is 261 g/mol. The van der Waals surface area contributed by atoms with Gasteiger partial charge in [0.05, 0.1) is 5.52 Å². The fourth-order valence-electron chi connectivity index (χ4n) is 1.83. The van der Waals surface area contributed by atoms with Crippen LogP contribution in [-0.4, -0.2) is 28.1 Å². The van der Waals surface area contributed by atoms with Gasteiger partial charge in [-0.25, -0.2) is 0 Å². The van der Waals surface area contributed by atoms with E-state index in [0.717, 1.165) is 0 Å². The maximum Gasteiger partial charge on any atom is 0.471 e. The summed E-state index contributed by atoms with van der Waals surface area (Å²) in [5.41, 5.74) is 1.20. The van der Waals surface area contributed by atoms with Crippen LogP contribution in [-0.2, 0) is 11.2 Å². The molecule has 0 aliphatic carbocycles. The highest BCUT2D eigenvalue weighted by atomic mass is 19.4. The molecule has 2 heterocycles. The summed E-state index contributed by atoms with van der Waals surface area (Å²) in [6.45, 7) is -0.146. The number of carbonyl (C=O) groups is 1. The zero-order chi connectivity index (χ0) is 14.0. The summed E-state index contributed by atoms with van der Waals surface area (Å²) in [4.78, 5) is 10.6. The number of amides is 1. The maximum absolute atomic E-state index is 12.0.